The molecule has 1 aliphatic heterocycles. The first-order valence-electron chi connectivity index (χ1n) is 6.29. The Bertz CT molecular complexity index is 728. The summed E-state index contributed by atoms with van der Waals surface area (Å²) in [6.45, 7) is 1.63. The first-order chi connectivity index (χ1) is 10.1. The number of benzene rings is 1. The number of hydrogen-bond acceptors (Lipinski definition) is 4. The molecule has 1 aromatic heterocycles. The zero-order valence-corrected chi connectivity index (χ0v) is 11.7. The molecule has 1 amide bonds. The van der Waals surface area contributed by atoms with Crippen molar-refractivity contribution in [1.82, 2.24) is 14.5 Å². The summed E-state index contributed by atoms with van der Waals surface area (Å²) in [6.07, 6.45) is 3.57. The van der Waals surface area contributed by atoms with Crippen LogP contribution < -0.4 is 0 Å². The number of nitrogens with zero attached hydrogens (tertiary/aromatic N) is 4. The van der Waals surface area contributed by atoms with E-state index in [4.69, 9.17) is 11.6 Å². The number of rotatable bonds is 2. The molecule has 0 spiro atoms. The number of nitro benzene ring substituents is 1. The summed E-state index contributed by atoms with van der Waals surface area (Å²) >= 11 is 5.99. The summed E-state index contributed by atoms with van der Waals surface area (Å²) in [6, 6.07) is 3.87. The van der Waals surface area contributed by atoms with Gasteiger partial charge < -0.3 is 9.47 Å². The normalized spacial score (nSPS) is 13.9. The van der Waals surface area contributed by atoms with Crippen molar-refractivity contribution in [2.75, 3.05) is 6.54 Å². The fourth-order valence-corrected chi connectivity index (χ4v) is 2.56. The van der Waals surface area contributed by atoms with E-state index in [-0.39, 0.29) is 22.2 Å². The lowest BCUT2D eigenvalue weighted by molar-refractivity contribution is -0.384. The van der Waals surface area contributed by atoms with Crippen LogP contribution in [0, 0.1) is 10.1 Å². The van der Waals surface area contributed by atoms with Gasteiger partial charge in [-0.25, -0.2) is 4.98 Å². The van der Waals surface area contributed by atoms with Crippen LogP contribution in [0.3, 0.4) is 0 Å². The van der Waals surface area contributed by atoms with Crippen molar-refractivity contribution in [3.63, 3.8) is 0 Å². The second-order valence-electron chi connectivity index (χ2n) is 4.68. The van der Waals surface area contributed by atoms with Crippen LogP contribution in [0.2, 0.25) is 5.02 Å². The summed E-state index contributed by atoms with van der Waals surface area (Å²) < 4.78 is 1.99. The first kappa shape index (κ1) is 13.6. The highest BCUT2D eigenvalue weighted by atomic mass is 35.5. The lowest BCUT2D eigenvalue weighted by Gasteiger charge is -2.28. The average molecular weight is 307 g/mol. The third-order valence-electron chi connectivity index (χ3n) is 3.43. The summed E-state index contributed by atoms with van der Waals surface area (Å²) in [5, 5.41) is 10.8. The van der Waals surface area contributed by atoms with Crippen molar-refractivity contribution >= 4 is 23.2 Å². The van der Waals surface area contributed by atoms with E-state index in [0.29, 0.717) is 19.6 Å². The summed E-state index contributed by atoms with van der Waals surface area (Å²) in [4.78, 5) is 28.4. The van der Waals surface area contributed by atoms with Crippen molar-refractivity contribution in [3.05, 3.63) is 57.1 Å². The van der Waals surface area contributed by atoms with Gasteiger partial charge in [-0.05, 0) is 6.07 Å². The van der Waals surface area contributed by atoms with Crippen molar-refractivity contribution in [3.8, 4) is 0 Å². The van der Waals surface area contributed by atoms with Gasteiger partial charge in [0, 0.05) is 37.6 Å². The number of imidazole rings is 1. The summed E-state index contributed by atoms with van der Waals surface area (Å²) in [7, 11) is 0. The van der Waals surface area contributed by atoms with E-state index in [1.165, 1.54) is 18.2 Å². The molecule has 2 aromatic rings. The Morgan fingerprint density at radius 1 is 1.38 bits per heavy atom. The average Bonchev–Trinajstić information content (AvgIpc) is 2.93. The van der Waals surface area contributed by atoms with Crippen molar-refractivity contribution in [1.29, 1.82) is 0 Å². The summed E-state index contributed by atoms with van der Waals surface area (Å²) in [5.41, 5.74) is 0.132. The first-order valence-corrected chi connectivity index (χ1v) is 6.67. The fraction of sp³-hybridized carbons (Fsp3) is 0.231. The number of nitro groups is 1. The van der Waals surface area contributed by atoms with Crippen LogP contribution in [-0.4, -0.2) is 31.8 Å². The van der Waals surface area contributed by atoms with Crippen LogP contribution in [0.15, 0.2) is 30.6 Å². The molecule has 1 aromatic carbocycles. The van der Waals surface area contributed by atoms with Crippen molar-refractivity contribution < 1.29 is 9.72 Å². The Morgan fingerprint density at radius 3 is 2.90 bits per heavy atom. The second-order valence-corrected chi connectivity index (χ2v) is 5.09. The lowest BCUT2D eigenvalue weighted by atomic mass is 10.1. The van der Waals surface area contributed by atoms with Gasteiger partial charge in [-0.2, -0.15) is 0 Å². The zero-order chi connectivity index (χ0) is 15.0. The van der Waals surface area contributed by atoms with E-state index < -0.39 is 4.92 Å². The summed E-state index contributed by atoms with van der Waals surface area (Å²) in [5.74, 6) is 0.566. The molecule has 21 heavy (non-hydrogen) atoms. The number of halogens is 1. The Labute approximate surface area is 124 Å². The maximum atomic E-state index is 12.5. The minimum Gasteiger partial charge on any atom is -0.332 e. The Kier molecular flexibility index (Phi) is 3.34. The number of carbonyl (C=O) groups is 1. The Morgan fingerprint density at radius 2 is 2.19 bits per heavy atom. The molecule has 0 atom stereocenters. The largest absolute Gasteiger partial charge is 0.332 e. The molecule has 0 N–H and O–H groups in total. The third-order valence-corrected chi connectivity index (χ3v) is 3.74. The van der Waals surface area contributed by atoms with Crippen LogP contribution in [0.1, 0.15) is 16.2 Å². The second kappa shape index (κ2) is 5.17. The molecule has 1 aliphatic rings. The van der Waals surface area contributed by atoms with E-state index in [1.54, 1.807) is 11.1 Å². The molecule has 0 saturated heterocycles. The topological polar surface area (TPSA) is 81.3 Å². The number of non-ortho nitro benzene ring substituents is 1. The van der Waals surface area contributed by atoms with Gasteiger partial charge in [-0.3, -0.25) is 14.9 Å². The standard InChI is InChI=1S/C13H11ClN4O3/c14-11-7-9(18(20)21)1-2-10(11)13(19)17-6-5-16-4-3-15-12(16)8-17/h1-4,7H,5-6,8H2. The number of fused-ring (bicyclic) bond motifs is 1. The van der Waals surface area contributed by atoms with E-state index in [9.17, 15) is 14.9 Å². The molecule has 0 fully saturated rings. The molecule has 0 unspecified atom stereocenters. The minimum absolute atomic E-state index is 0.0862. The Balaban J connectivity index is 1.85. The number of amides is 1. The van der Waals surface area contributed by atoms with E-state index in [2.05, 4.69) is 4.98 Å². The van der Waals surface area contributed by atoms with Gasteiger partial charge in [0.1, 0.15) is 5.82 Å². The molecule has 3 rings (SSSR count). The van der Waals surface area contributed by atoms with Gasteiger partial charge in [0.15, 0.2) is 0 Å². The van der Waals surface area contributed by atoms with Gasteiger partial charge in [0.25, 0.3) is 11.6 Å². The molecule has 0 bridgehead atoms. The molecule has 7 nitrogen and oxygen atoms in total. The Hall–Kier alpha value is -2.41. The highest BCUT2D eigenvalue weighted by Crippen LogP contribution is 2.24. The van der Waals surface area contributed by atoms with Crippen LogP contribution in [0.4, 0.5) is 5.69 Å². The van der Waals surface area contributed by atoms with E-state index in [0.717, 1.165) is 5.82 Å². The molecule has 2 heterocycles. The predicted octanol–water partition coefficient (Wildman–Crippen LogP) is 2.10. The molecule has 0 saturated carbocycles. The molecule has 108 valence electrons. The third kappa shape index (κ3) is 2.47. The maximum absolute atomic E-state index is 12.5. The predicted molar refractivity (Wildman–Crippen MR) is 75.1 cm³/mol. The molecular formula is C13H11ClN4O3. The number of aromatic nitrogens is 2. The van der Waals surface area contributed by atoms with Crippen molar-refractivity contribution in [2.45, 2.75) is 13.1 Å². The van der Waals surface area contributed by atoms with Crippen LogP contribution in [0.25, 0.3) is 0 Å². The van der Waals surface area contributed by atoms with E-state index >= 15 is 0 Å². The zero-order valence-electron chi connectivity index (χ0n) is 10.9. The monoisotopic (exact) mass is 306 g/mol. The number of carbonyl (C=O) groups excluding carboxylic acids is 1. The van der Waals surface area contributed by atoms with Crippen molar-refractivity contribution in [2.24, 2.45) is 0 Å². The number of hydrogen-bond donors (Lipinski definition) is 0. The SMILES string of the molecule is O=C(c1ccc([N+](=O)[O-])cc1Cl)N1CCn2ccnc2C1. The van der Waals surface area contributed by atoms with E-state index in [1.807, 2.05) is 10.8 Å². The maximum Gasteiger partial charge on any atom is 0.270 e. The van der Waals surface area contributed by atoms with Gasteiger partial charge in [-0.1, -0.05) is 11.6 Å². The van der Waals surface area contributed by atoms with Gasteiger partial charge in [-0.15, -0.1) is 0 Å². The molecule has 0 radical (unpaired) electrons. The highest BCUT2D eigenvalue weighted by Gasteiger charge is 2.24. The van der Waals surface area contributed by atoms with Gasteiger partial charge in [0.05, 0.1) is 22.1 Å². The van der Waals surface area contributed by atoms with Crippen LogP contribution in [0.5, 0.6) is 0 Å². The van der Waals surface area contributed by atoms with Gasteiger partial charge in [0.2, 0.25) is 0 Å². The smallest absolute Gasteiger partial charge is 0.270 e. The molecule has 8 heteroatoms. The highest BCUT2D eigenvalue weighted by molar-refractivity contribution is 6.34. The fourth-order valence-electron chi connectivity index (χ4n) is 2.31. The van der Waals surface area contributed by atoms with Crippen LogP contribution >= 0.6 is 11.6 Å². The minimum atomic E-state index is -0.544. The van der Waals surface area contributed by atoms with Crippen LogP contribution in [-0.2, 0) is 13.1 Å². The lowest BCUT2D eigenvalue weighted by Crippen LogP contribution is -2.38. The quantitative estimate of drug-likeness (QED) is 0.628. The molecular weight excluding hydrogens is 296 g/mol. The molecule has 0 aliphatic carbocycles. The van der Waals surface area contributed by atoms with Gasteiger partial charge >= 0.3 is 0 Å².